The molecule has 0 aliphatic rings. The van der Waals surface area contributed by atoms with Crippen LogP contribution in [0.5, 0.6) is 0 Å². The lowest BCUT2D eigenvalue weighted by Gasteiger charge is -2.15. The molecule has 0 fully saturated rings. The maximum atomic E-state index is 11.7. The van der Waals surface area contributed by atoms with Crippen molar-refractivity contribution in [2.45, 2.75) is 25.8 Å². The van der Waals surface area contributed by atoms with Gasteiger partial charge in [-0.1, -0.05) is 18.2 Å². The van der Waals surface area contributed by atoms with Crippen molar-refractivity contribution in [3.63, 3.8) is 0 Å². The minimum Gasteiger partial charge on any atom is -0.480 e. The quantitative estimate of drug-likeness (QED) is 0.616. The molecule has 0 aliphatic carbocycles. The summed E-state index contributed by atoms with van der Waals surface area (Å²) in [5.74, 6) is -1.83. The number of aliphatic carboxylic acids is 1. The van der Waals surface area contributed by atoms with Gasteiger partial charge < -0.3 is 21.5 Å². The summed E-state index contributed by atoms with van der Waals surface area (Å²) >= 11 is 0. The Labute approximate surface area is 116 Å². The Bertz CT molecular complexity index is 516. The summed E-state index contributed by atoms with van der Waals surface area (Å²) in [6.07, 6.45) is -0.159. The van der Waals surface area contributed by atoms with Crippen LogP contribution in [-0.2, 0) is 9.59 Å². The number of primary amides is 1. The first-order valence-corrected chi connectivity index (χ1v) is 6.04. The zero-order valence-corrected chi connectivity index (χ0v) is 11.1. The number of nitrogens with one attached hydrogen (secondary N) is 2. The van der Waals surface area contributed by atoms with E-state index in [1.807, 2.05) is 19.1 Å². The maximum Gasteiger partial charge on any atom is 0.326 e. The summed E-state index contributed by atoms with van der Waals surface area (Å²) < 4.78 is 0. The highest BCUT2D eigenvalue weighted by atomic mass is 16.4. The van der Waals surface area contributed by atoms with Gasteiger partial charge in [-0.05, 0) is 25.0 Å². The molecule has 7 heteroatoms. The Morgan fingerprint density at radius 3 is 2.50 bits per heavy atom. The van der Waals surface area contributed by atoms with Crippen molar-refractivity contribution >= 4 is 23.6 Å². The molecule has 1 aromatic carbocycles. The second kappa shape index (κ2) is 7.13. The molecule has 0 radical (unpaired) electrons. The van der Waals surface area contributed by atoms with Gasteiger partial charge in [-0.15, -0.1) is 0 Å². The molecule has 0 aliphatic heterocycles. The predicted octanol–water partition coefficient (Wildman–Crippen LogP) is 0.835. The minimum absolute atomic E-state index is 0.0497. The zero-order chi connectivity index (χ0) is 15.1. The number of hydrogen-bond donors (Lipinski definition) is 4. The number of nitrogens with two attached hydrogens (primary N) is 1. The van der Waals surface area contributed by atoms with E-state index >= 15 is 0 Å². The predicted molar refractivity (Wildman–Crippen MR) is 73.2 cm³/mol. The van der Waals surface area contributed by atoms with Gasteiger partial charge in [0.2, 0.25) is 5.91 Å². The summed E-state index contributed by atoms with van der Waals surface area (Å²) in [6.45, 7) is 1.82. The number of anilines is 1. The molecule has 7 nitrogen and oxygen atoms in total. The molecule has 0 saturated heterocycles. The number of carbonyl (C=O) groups excluding carboxylic acids is 2. The number of carbonyl (C=O) groups is 3. The summed E-state index contributed by atoms with van der Waals surface area (Å²) in [5.41, 5.74) is 6.40. The molecule has 0 bridgehead atoms. The highest BCUT2D eigenvalue weighted by molar-refractivity contribution is 5.93. The molecule has 5 N–H and O–H groups in total. The molecule has 1 aromatic rings. The molecule has 20 heavy (non-hydrogen) atoms. The number of urea groups is 1. The summed E-state index contributed by atoms with van der Waals surface area (Å²) in [4.78, 5) is 33.3. The molecule has 0 saturated carbocycles. The molecule has 0 spiro atoms. The van der Waals surface area contributed by atoms with Crippen LogP contribution < -0.4 is 16.4 Å². The van der Waals surface area contributed by atoms with E-state index in [0.717, 1.165) is 5.56 Å². The van der Waals surface area contributed by atoms with Gasteiger partial charge in [0.25, 0.3) is 0 Å². The average Bonchev–Trinajstić information content (AvgIpc) is 2.36. The fourth-order valence-corrected chi connectivity index (χ4v) is 1.57. The Hall–Kier alpha value is -2.57. The normalized spacial score (nSPS) is 11.4. The van der Waals surface area contributed by atoms with E-state index in [4.69, 9.17) is 10.8 Å². The molecule has 1 rings (SSSR count). The van der Waals surface area contributed by atoms with Gasteiger partial charge in [0.1, 0.15) is 6.04 Å². The first-order valence-electron chi connectivity index (χ1n) is 6.04. The van der Waals surface area contributed by atoms with Gasteiger partial charge in [-0.25, -0.2) is 9.59 Å². The van der Waals surface area contributed by atoms with E-state index < -0.39 is 23.9 Å². The first-order chi connectivity index (χ1) is 9.40. The number of aryl methyl sites for hydroxylation is 1. The molecule has 1 unspecified atom stereocenters. The van der Waals surface area contributed by atoms with Crippen molar-refractivity contribution in [2.24, 2.45) is 5.73 Å². The van der Waals surface area contributed by atoms with E-state index in [1.165, 1.54) is 0 Å². The third kappa shape index (κ3) is 4.97. The SMILES string of the molecule is Cc1ccccc1NC(=O)NC(CCC(N)=O)C(=O)O. The largest absolute Gasteiger partial charge is 0.480 e. The molecular weight excluding hydrogens is 262 g/mol. The van der Waals surface area contributed by atoms with Gasteiger partial charge in [-0.2, -0.15) is 0 Å². The van der Waals surface area contributed by atoms with Crippen molar-refractivity contribution in [1.29, 1.82) is 0 Å². The lowest BCUT2D eigenvalue weighted by Crippen LogP contribution is -2.43. The van der Waals surface area contributed by atoms with Crippen molar-refractivity contribution in [2.75, 3.05) is 5.32 Å². The van der Waals surface area contributed by atoms with Gasteiger partial charge in [0.15, 0.2) is 0 Å². The molecule has 1 atom stereocenters. The van der Waals surface area contributed by atoms with Gasteiger partial charge in [0.05, 0.1) is 0 Å². The fourth-order valence-electron chi connectivity index (χ4n) is 1.57. The van der Waals surface area contributed by atoms with E-state index in [0.29, 0.717) is 5.69 Å². The van der Waals surface area contributed by atoms with Crippen LogP contribution in [0, 0.1) is 6.92 Å². The third-order valence-corrected chi connectivity index (χ3v) is 2.68. The van der Waals surface area contributed by atoms with Crippen molar-refractivity contribution < 1.29 is 19.5 Å². The zero-order valence-electron chi connectivity index (χ0n) is 11.1. The number of carboxylic acid groups (broad SMARTS) is 1. The summed E-state index contributed by atoms with van der Waals surface area (Å²) in [5, 5.41) is 13.8. The topological polar surface area (TPSA) is 122 Å². The third-order valence-electron chi connectivity index (χ3n) is 2.68. The summed E-state index contributed by atoms with van der Waals surface area (Å²) in [6, 6.07) is 5.30. The number of para-hydroxylation sites is 1. The number of rotatable bonds is 6. The highest BCUT2D eigenvalue weighted by Gasteiger charge is 2.20. The number of carboxylic acids is 1. The number of hydrogen-bond acceptors (Lipinski definition) is 3. The Morgan fingerprint density at radius 2 is 1.95 bits per heavy atom. The van der Waals surface area contributed by atoms with Gasteiger partial charge in [-0.3, -0.25) is 4.79 Å². The van der Waals surface area contributed by atoms with Crippen LogP contribution in [0.15, 0.2) is 24.3 Å². The molecule has 3 amide bonds. The van der Waals surface area contributed by atoms with Crippen LogP contribution in [0.1, 0.15) is 18.4 Å². The van der Waals surface area contributed by atoms with Crippen LogP contribution in [0.3, 0.4) is 0 Å². The van der Waals surface area contributed by atoms with Crippen LogP contribution in [0.25, 0.3) is 0 Å². The Kier molecular flexibility index (Phi) is 5.52. The Morgan fingerprint density at radius 1 is 1.30 bits per heavy atom. The van der Waals surface area contributed by atoms with Crippen LogP contribution >= 0.6 is 0 Å². The number of benzene rings is 1. The second-order valence-electron chi connectivity index (χ2n) is 4.31. The maximum absolute atomic E-state index is 11.7. The van der Waals surface area contributed by atoms with E-state index in [-0.39, 0.29) is 12.8 Å². The average molecular weight is 279 g/mol. The second-order valence-corrected chi connectivity index (χ2v) is 4.31. The molecule has 108 valence electrons. The summed E-state index contributed by atoms with van der Waals surface area (Å²) in [7, 11) is 0. The standard InChI is InChI=1S/C13H17N3O4/c1-8-4-2-3-5-9(8)15-13(20)16-10(12(18)19)6-7-11(14)17/h2-5,10H,6-7H2,1H3,(H2,14,17)(H,18,19)(H2,15,16,20). The van der Waals surface area contributed by atoms with Crippen LogP contribution in [0.4, 0.5) is 10.5 Å². The molecule has 0 heterocycles. The first kappa shape index (κ1) is 15.5. The monoisotopic (exact) mass is 279 g/mol. The van der Waals surface area contributed by atoms with E-state index in [2.05, 4.69) is 10.6 Å². The molecular formula is C13H17N3O4. The molecule has 0 aromatic heterocycles. The van der Waals surface area contributed by atoms with Gasteiger partial charge in [0, 0.05) is 12.1 Å². The minimum atomic E-state index is -1.22. The smallest absolute Gasteiger partial charge is 0.326 e. The highest BCUT2D eigenvalue weighted by Crippen LogP contribution is 2.12. The van der Waals surface area contributed by atoms with Crippen LogP contribution in [-0.4, -0.2) is 29.1 Å². The van der Waals surface area contributed by atoms with Crippen molar-refractivity contribution in [3.8, 4) is 0 Å². The van der Waals surface area contributed by atoms with Crippen LogP contribution in [0.2, 0.25) is 0 Å². The van der Waals surface area contributed by atoms with Crippen molar-refractivity contribution in [3.05, 3.63) is 29.8 Å². The lowest BCUT2D eigenvalue weighted by molar-refractivity contribution is -0.139. The van der Waals surface area contributed by atoms with E-state index in [1.54, 1.807) is 12.1 Å². The Balaban J connectivity index is 2.60. The van der Waals surface area contributed by atoms with E-state index in [9.17, 15) is 14.4 Å². The van der Waals surface area contributed by atoms with Gasteiger partial charge >= 0.3 is 12.0 Å². The van der Waals surface area contributed by atoms with Crippen molar-refractivity contribution in [1.82, 2.24) is 5.32 Å². The fraction of sp³-hybridized carbons (Fsp3) is 0.308. The number of amides is 3. The lowest BCUT2D eigenvalue weighted by atomic mass is 10.1.